The summed E-state index contributed by atoms with van der Waals surface area (Å²) in [5, 5.41) is 10.7. The fourth-order valence-corrected chi connectivity index (χ4v) is 2.31. The summed E-state index contributed by atoms with van der Waals surface area (Å²) in [7, 11) is 0. The molecule has 0 aliphatic heterocycles. The zero-order valence-electron chi connectivity index (χ0n) is 13.0. The van der Waals surface area contributed by atoms with Crippen LogP contribution >= 0.6 is 0 Å². The SMILES string of the molecule is O=C(NCCc1nc(-c2cccnc2)no1)c1ccn2ncnc2c1. The van der Waals surface area contributed by atoms with Crippen molar-refractivity contribution in [1.82, 2.24) is 35.0 Å². The lowest BCUT2D eigenvalue weighted by Gasteiger charge is -2.03. The molecule has 1 N–H and O–H groups in total. The summed E-state index contributed by atoms with van der Waals surface area (Å²) in [4.78, 5) is 24.5. The minimum absolute atomic E-state index is 0.197. The molecule has 9 heteroatoms. The zero-order chi connectivity index (χ0) is 17.1. The van der Waals surface area contributed by atoms with E-state index in [-0.39, 0.29) is 5.91 Å². The third-order valence-electron chi connectivity index (χ3n) is 3.56. The van der Waals surface area contributed by atoms with Gasteiger partial charge in [-0.2, -0.15) is 10.1 Å². The van der Waals surface area contributed by atoms with Gasteiger partial charge in [-0.15, -0.1) is 0 Å². The highest BCUT2D eigenvalue weighted by atomic mass is 16.5. The van der Waals surface area contributed by atoms with Gasteiger partial charge in [0.1, 0.15) is 6.33 Å². The van der Waals surface area contributed by atoms with Crippen molar-refractivity contribution in [1.29, 1.82) is 0 Å². The molecule has 0 saturated heterocycles. The highest BCUT2D eigenvalue weighted by Gasteiger charge is 2.10. The van der Waals surface area contributed by atoms with E-state index in [1.54, 1.807) is 41.3 Å². The van der Waals surface area contributed by atoms with Crippen molar-refractivity contribution in [2.45, 2.75) is 6.42 Å². The number of aromatic nitrogens is 6. The summed E-state index contributed by atoms with van der Waals surface area (Å²) < 4.78 is 6.78. The second-order valence-electron chi connectivity index (χ2n) is 5.24. The van der Waals surface area contributed by atoms with Gasteiger partial charge in [-0.05, 0) is 24.3 Å². The van der Waals surface area contributed by atoms with Crippen molar-refractivity contribution in [3.8, 4) is 11.4 Å². The standard InChI is InChI=1S/C16H13N7O2/c24-16(11-4-7-23-13(8-11)19-10-20-23)18-6-3-14-21-15(22-25-14)12-2-1-5-17-9-12/h1-2,4-5,7-10H,3,6H2,(H,18,24). The molecule has 0 aromatic carbocycles. The molecule has 25 heavy (non-hydrogen) atoms. The van der Waals surface area contributed by atoms with Crippen LogP contribution in [0.25, 0.3) is 17.0 Å². The van der Waals surface area contributed by atoms with Gasteiger partial charge in [0.15, 0.2) is 5.65 Å². The van der Waals surface area contributed by atoms with Gasteiger partial charge in [0.05, 0.1) is 0 Å². The van der Waals surface area contributed by atoms with Crippen LogP contribution in [-0.2, 0) is 6.42 Å². The topological polar surface area (TPSA) is 111 Å². The molecule has 0 spiro atoms. The minimum atomic E-state index is -0.197. The molecular weight excluding hydrogens is 322 g/mol. The first-order valence-electron chi connectivity index (χ1n) is 7.60. The van der Waals surface area contributed by atoms with E-state index in [2.05, 4.69) is 30.5 Å². The molecule has 0 unspecified atom stereocenters. The predicted octanol–water partition coefficient (Wildman–Crippen LogP) is 1.15. The maximum atomic E-state index is 12.2. The Morgan fingerprint density at radius 1 is 1.32 bits per heavy atom. The van der Waals surface area contributed by atoms with E-state index < -0.39 is 0 Å². The van der Waals surface area contributed by atoms with Crippen LogP contribution in [0, 0.1) is 0 Å². The van der Waals surface area contributed by atoms with E-state index in [9.17, 15) is 4.79 Å². The molecule has 0 fully saturated rings. The molecule has 0 bridgehead atoms. The van der Waals surface area contributed by atoms with Gasteiger partial charge >= 0.3 is 0 Å². The highest BCUT2D eigenvalue weighted by Crippen LogP contribution is 2.13. The monoisotopic (exact) mass is 335 g/mol. The number of pyridine rings is 2. The molecule has 0 aliphatic carbocycles. The number of fused-ring (bicyclic) bond motifs is 1. The lowest BCUT2D eigenvalue weighted by molar-refractivity contribution is 0.0953. The number of rotatable bonds is 5. The summed E-state index contributed by atoms with van der Waals surface area (Å²) in [6, 6.07) is 7.02. The van der Waals surface area contributed by atoms with E-state index in [1.807, 2.05) is 6.07 Å². The van der Waals surface area contributed by atoms with Crippen LogP contribution in [0.5, 0.6) is 0 Å². The molecular formula is C16H13N7O2. The maximum absolute atomic E-state index is 12.2. The zero-order valence-corrected chi connectivity index (χ0v) is 13.0. The van der Waals surface area contributed by atoms with Gasteiger partial charge < -0.3 is 9.84 Å². The van der Waals surface area contributed by atoms with Crippen LogP contribution in [0.2, 0.25) is 0 Å². The minimum Gasteiger partial charge on any atom is -0.352 e. The van der Waals surface area contributed by atoms with Gasteiger partial charge in [0, 0.05) is 42.7 Å². The summed E-state index contributed by atoms with van der Waals surface area (Å²) in [5.74, 6) is 0.733. The van der Waals surface area contributed by atoms with Gasteiger partial charge in [-0.3, -0.25) is 9.78 Å². The van der Waals surface area contributed by atoms with Crippen molar-refractivity contribution >= 4 is 11.6 Å². The van der Waals surface area contributed by atoms with E-state index >= 15 is 0 Å². The average Bonchev–Trinajstić information content (AvgIpc) is 3.31. The van der Waals surface area contributed by atoms with E-state index in [4.69, 9.17) is 4.52 Å². The lowest BCUT2D eigenvalue weighted by atomic mass is 10.2. The predicted molar refractivity (Wildman–Crippen MR) is 86.6 cm³/mol. The lowest BCUT2D eigenvalue weighted by Crippen LogP contribution is -2.25. The van der Waals surface area contributed by atoms with Crippen molar-refractivity contribution in [3.63, 3.8) is 0 Å². The molecule has 0 radical (unpaired) electrons. The van der Waals surface area contributed by atoms with Crippen molar-refractivity contribution in [3.05, 3.63) is 60.6 Å². The second kappa shape index (κ2) is 6.48. The van der Waals surface area contributed by atoms with Gasteiger partial charge in [0.2, 0.25) is 11.7 Å². The Hall–Kier alpha value is -3.62. The number of carbonyl (C=O) groups excluding carboxylic acids is 1. The summed E-state index contributed by atoms with van der Waals surface area (Å²) >= 11 is 0. The Bertz CT molecular complexity index is 1010. The Balaban J connectivity index is 1.36. The first-order chi connectivity index (χ1) is 12.3. The fraction of sp³-hybridized carbons (Fsp3) is 0.125. The van der Waals surface area contributed by atoms with Crippen LogP contribution in [-0.4, -0.2) is 42.2 Å². The largest absolute Gasteiger partial charge is 0.352 e. The highest BCUT2D eigenvalue weighted by molar-refractivity contribution is 5.94. The van der Waals surface area contributed by atoms with Crippen LogP contribution in [0.1, 0.15) is 16.2 Å². The molecule has 124 valence electrons. The van der Waals surface area contributed by atoms with Crippen molar-refractivity contribution in [2.24, 2.45) is 0 Å². The molecule has 4 rings (SSSR count). The number of nitrogens with zero attached hydrogens (tertiary/aromatic N) is 6. The average molecular weight is 335 g/mol. The first-order valence-corrected chi connectivity index (χ1v) is 7.60. The third kappa shape index (κ3) is 3.20. The summed E-state index contributed by atoms with van der Waals surface area (Å²) in [5.41, 5.74) is 1.91. The summed E-state index contributed by atoms with van der Waals surface area (Å²) in [6.07, 6.45) is 6.90. The van der Waals surface area contributed by atoms with Gasteiger partial charge in [-0.25, -0.2) is 9.50 Å². The number of carbonyl (C=O) groups is 1. The molecule has 0 saturated carbocycles. The first kappa shape index (κ1) is 14.9. The molecule has 1 amide bonds. The van der Waals surface area contributed by atoms with Crippen molar-refractivity contribution in [2.75, 3.05) is 6.54 Å². The van der Waals surface area contributed by atoms with Gasteiger partial charge in [-0.1, -0.05) is 5.16 Å². The molecule has 4 aromatic heterocycles. The number of hydrogen-bond donors (Lipinski definition) is 1. The molecule has 0 aliphatic rings. The Labute approximate surface area is 141 Å². The van der Waals surface area contributed by atoms with Crippen LogP contribution in [0.3, 0.4) is 0 Å². The Morgan fingerprint density at radius 2 is 2.28 bits per heavy atom. The van der Waals surface area contributed by atoms with Crippen molar-refractivity contribution < 1.29 is 9.32 Å². The van der Waals surface area contributed by atoms with E-state index in [0.717, 1.165) is 5.56 Å². The van der Waals surface area contributed by atoms with Crippen LogP contribution in [0.15, 0.2) is 53.7 Å². The van der Waals surface area contributed by atoms with E-state index in [1.165, 1.54) is 6.33 Å². The quantitative estimate of drug-likeness (QED) is 0.582. The molecule has 4 heterocycles. The van der Waals surface area contributed by atoms with E-state index in [0.29, 0.717) is 35.9 Å². The molecule has 4 aromatic rings. The second-order valence-corrected chi connectivity index (χ2v) is 5.24. The molecule has 9 nitrogen and oxygen atoms in total. The maximum Gasteiger partial charge on any atom is 0.251 e. The normalized spacial score (nSPS) is 10.9. The fourth-order valence-electron chi connectivity index (χ4n) is 2.31. The smallest absolute Gasteiger partial charge is 0.251 e. The number of nitrogens with one attached hydrogen (secondary N) is 1. The number of amides is 1. The van der Waals surface area contributed by atoms with Crippen LogP contribution < -0.4 is 5.32 Å². The summed E-state index contributed by atoms with van der Waals surface area (Å²) in [6.45, 7) is 0.380. The van der Waals surface area contributed by atoms with Gasteiger partial charge in [0.25, 0.3) is 5.91 Å². The Morgan fingerprint density at radius 3 is 3.16 bits per heavy atom. The van der Waals surface area contributed by atoms with Crippen LogP contribution in [0.4, 0.5) is 0 Å². The molecule has 0 atom stereocenters. The third-order valence-corrected chi connectivity index (χ3v) is 3.56. The number of hydrogen-bond acceptors (Lipinski definition) is 7. The Kier molecular flexibility index (Phi) is 3.87.